The van der Waals surface area contributed by atoms with E-state index in [2.05, 4.69) is 0 Å². The third kappa shape index (κ3) is 77.5. The van der Waals surface area contributed by atoms with Gasteiger partial charge in [0, 0.05) is 121 Å². The summed E-state index contributed by atoms with van der Waals surface area (Å²) in [6.45, 7) is 70.7. The zero-order valence-corrected chi connectivity index (χ0v) is 77.8. The van der Waals surface area contributed by atoms with E-state index in [0.29, 0.717) is 36.6 Å². The summed E-state index contributed by atoms with van der Waals surface area (Å²) < 4.78 is 5.23. The van der Waals surface area contributed by atoms with Crippen LogP contribution in [0.15, 0.2) is 0 Å². The second kappa shape index (κ2) is 74.7. The number of rotatable bonds is 33. The van der Waals surface area contributed by atoms with Gasteiger partial charge in [-0.15, -0.1) is 0 Å². The first-order chi connectivity index (χ1) is 49.7. The first-order valence-corrected chi connectivity index (χ1v) is 40.8. The number of likely N-dealkylation sites (N-methyl/N-ethyl adjacent to an activating group) is 1. The predicted octanol–water partition coefficient (Wildman–Crippen LogP) is 13.0. The van der Waals surface area contributed by atoms with Crippen LogP contribution in [0.3, 0.4) is 0 Å². The maximum Gasteiger partial charge on any atom is 0.164 e. The van der Waals surface area contributed by atoms with Crippen LogP contribution in [0.5, 0.6) is 0 Å². The fourth-order valence-electron chi connectivity index (χ4n) is 8.22. The van der Waals surface area contributed by atoms with Crippen LogP contribution < -0.4 is 34.4 Å². The van der Waals surface area contributed by atoms with Gasteiger partial charge in [-0.25, -0.2) is 0 Å². The standard InChI is InChI=1S/C8H17NO2.3C8H17NO.C8H14O2.C8H16O.C7H15NO2.C7H15NO.C7H14O2.C7H14O.C6H13NO.C5H10O/c1-5(2)8(11)7(9)6(3)4-10;1-6(2)8(10)7(3)9(4)5;1-5(2)7(9)8(10)6(3)4;1-4-5-7(9)8(10)6(2)3;1-6(2)8(9)7-4-3-5-10-7;1-6(2)7(9)8(3,4)5;1-5(2)7(10)6(8)3-4-9;1-4-6(8)7(9)5(2)3;1-6(2)7(9)4-3-5-8;1-5(2)7(8)6(3)4;1-4(2)6(8)5(3)7;1-4(2)5(3)6/h5-7,10H,4,9H2,1-3H3;6-7H,1-5H3;5-7H,9H2,1-4H3;6-7H,4-5,9H2,1-3H3;6-7H,3-5H2,1-2H3;6H,1-5H3;5-6,9H,3-4,8H2,1-2H3;5-6H,4,8H2,1-3H3;6,8H,3-5H2,1-2H3;5-6H,1-4H3;4-5H,7H2,1-3H3;4H,1-3H3. The molecule has 23 heteroatoms. The normalized spacial score (nSPS) is 14.4. The quantitative estimate of drug-likeness (QED) is 0.0295. The summed E-state index contributed by atoms with van der Waals surface area (Å²) in [6, 6.07) is -1.99. The summed E-state index contributed by atoms with van der Waals surface area (Å²) in [5, 5.41) is 25.5. The van der Waals surface area contributed by atoms with Crippen LogP contribution in [0, 0.1) is 94.2 Å². The Morgan fingerprint density at radius 1 is 0.418 bits per heavy atom. The largest absolute Gasteiger partial charge is 0.396 e. The van der Waals surface area contributed by atoms with E-state index in [0.717, 1.165) is 38.7 Å². The highest BCUT2D eigenvalue weighted by Crippen LogP contribution is 2.20. The number of aliphatic hydroxyl groups excluding tert-OH is 3. The molecule has 658 valence electrons. The minimum atomic E-state index is -0.514. The second-order valence-electron chi connectivity index (χ2n) is 34.1. The summed E-state index contributed by atoms with van der Waals surface area (Å²) >= 11 is 0. The molecule has 110 heavy (non-hydrogen) atoms. The van der Waals surface area contributed by atoms with Crippen LogP contribution in [0.25, 0.3) is 0 Å². The number of carbonyl (C=O) groups excluding carboxylic acids is 12. The summed E-state index contributed by atoms with van der Waals surface area (Å²) in [4.78, 5) is 133. The molecule has 1 saturated heterocycles. The molecule has 23 nitrogen and oxygen atoms in total. The first kappa shape index (κ1) is 129. The molecular formula is C87H179N7O16. The Hall–Kier alpha value is -4.40. The fourth-order valence-corrected chi connectivity index (χ4v) is 8.22. The fraction of sp³-hybridized carbons (Fsp3) is 0.862. The van der Waals surface area contributed by atoms with Crippen molar-refractivity contribution in [2.75, 3.05) is 40.5 Å². The highest BCUT2D eigenvalue weighted by atomic mass is 16.5. The highest BCUT2D eigenvalue weighted by molar-refractivity contribution is 5.89. The van der Waals surface area contributed by atoms with Gasteiger partial charge in [0.05, 0.1) is 42.3 Å². The van der Waals surface area contributed by atoms with Crippen molar-refractivity contribution in [2.24, 2.45) is 129 Å². The molecule has 15 N–H and O–H groups in total. The molecule has 0 aliphatic carbocycles. The van der Waals surface area contributed by atoms with E-state index < -0.39 is 12.1 Å². The summed E-state index contributed by atoms with van der Waals surface area (Å²) in [7, 11) is 3.84. The highest BCUT2D eigenvalue weighted by Gasteiger charge is 2.27. The van der Waals surface area contributed by atoms with Crippen molar-refractivity contribution in [1.82, 2.24) is 4.90 Å². The third-order valence-corrected chi connectivity index (χ3v) is 16.7. The van der Waals surface area contributed by atoms with Gasteiger partial charge in [0.1, 0.15) is 29.2 Å². The van der Waals surface area contributed by atoms with Crippen molar-refractivity contribution >= 4 is 69.4 Å². The van der Waals surface area contributed by atoms with E-state index >= 15 is 0 Å². The molecular weight excluding hydrogens is 1400 g/mol. The monoisotopic (exact) mass is 1580 g/mol. The summed E-state index contributed by atoms with van der Waals surface area (Å²) in [6.07, 6.45) is 5.94. The van der Waals surface area contributed by atoms with Gasteiger partial charge in [-0.2, -0.15) is 0 Å². The molecule has 1 heterocycles. The SMILES string of the molecule is CC(=O)C(C)C.CC(C)C(=O)C(C)(C)C.CC(C)C(=O)C(C)C.CC(C)C(=O)C(C)N.CC(C)C(=O)C(C)N(C)C.CC(C)C(=O)C(N)C(C)C.CC(C)C(=O)C(N)C(C)CO.CC(C)C(=O)C(N)CCO.CC(C)C(=O)C1CCCO1.CC(C)C(=O)CCCO.CCC(N)C(=O)C(C)C.CCCC(N)C(=O)C(C)C. The number of Topliss-reactive ketones (excluding diaryl/α,β-unsaturated/α-hetero) is 12. The number of ketones is 12. The van der Waals surface area contributed by atoms with Crippen molar-refractivity contribution in [2.45, 2.75) is 356 Å². The van der Waals surface area contributed by atoms with Gasteiger partial charge in [-0.3, -0.25) is 62.4 Å². The van der Waals surface area contributed by atoms with Gasteiger partial charge in [-0.05, 0) is 79.3 Å². The lowest BCUT2D eigenvalue weighted by Gasteiger charge is -2.19. The van der Waals surface area contributed by atoms with Crippen LogP contribution in [0.1, 0.15) is 308 Å². The molecule has 1 aliphatic heterocycles. The van der Waals surface area contributed by atoms with Crippen LogP contribution in [-0.4, -0.2) is 179 Å². The smallest absolute Gasteiger partial charge is 0.164 e. The van der Waals surface area contributed by atoms with Crippen LogP contribution in [-0.2, 0) is 62.3 Å². The predicted molar refractivity (Wildman–Crippen MR) is 458 cm³/mol. The third-order valence-electron chi connectivity index (χ3n) is 16.7. The maximum atomic E-state index is 11.2. The van der Waals surface area contributed by atoms with Crippen molar-refractivity contribution in [1.29, 1.82) is 0 Å². The Labute approximate surface area is 673 Å². The van der Waals surface area contributed by atoms with Gasteiger partial charge in [-0.1, -0.05) is 242 Å². The van der Waals surface area contributed by atoms with E-state index in [1.54, 1.807) is 34.6 Å². The average molecular weight is 1580 g/mol. The molecule has 0 aromatic rings. The Morgan fingerprint density at radius 2 is 0.755 bits per heavy atom. The van der Waals surface area contributed by atoms with Gasteiger partial charge in [0.15, 0.2) is 46.3 Å². The molecule has 0 aromatic heterocycles. The van der Waals surface area contributed by atoms with Crippen LogP contribution in [0.4, 0.5) is 0 Å². The molecule has 0 radical (unpaired) electrons. The molecule has 9 atom stereocenters. The first-order valence-electron chi connectivity index (χ1n) is 40.8. The summed E-state index contributed by atoms with van der Waals surface area (Å²) in [5.41, 5.74) is 32.8. The van der Waals surface area contributed by atoms with Crippen molar-refractivity contribution in [3.63, 3.8) is 0 Å². The Bertz CT molecular complexity index is 2280. The number of hydrogen-bond donors (Lipinski definition) is 9. The van der Waals surface area contributed by atoms with E-state index in [1.165, 1.54) is 0 Å². The minimum Gasteiger partial charge on any atom is -0.396 e. The van der Waals surface area contributed by atoms with E-state index in [9.17, 15) is 57.5 Å². The number of nitrogens with zero attached hydrogens (tertiary/aromatic N) is 1. The Kier molecular flexibility index (Phi) is 87.7. The van der Waals surface area contributed by atoms with E-state index in [-0.39, 0.29) is 202 Å². The van der Waals surface area contributed by atoms with Gasteiger partial charge in [0.25, 0.3) is 0 Å². The molecule has 9 unspecified atom stereocenters. The molecule has 1 fully saturated rings. The molecule has 0 aromatic carbocycles. The lowest BCUT2D eigenvalue weighted by molar-refractivity contribution is -0.131. The zero-order chi connectivity index (χ0) is 90.5. The molecule has 0 saturated carbocycles. The number of ether oxygens (including phenoxy) is 1. The average Bonchev–Trinajstić information content (AvgIpc) is 1.49. The zero-order valence-electron chi connectivity index (χ0n) is 77.8. The molecule has 0 bridgehead atoms. The van der Waals surface area contributed by atoms with Crippen molar-refractivity contribution in [3.8, 4) is 0 Å². The number of carbonyl (C=O) groups is 12. The summed E-state index contributed by atoms with van der Waals surface area (Å²) in [5.74, 6) is 4.00. The van der Waals surface area contributed by atoms with Crippen LogP contribution >= 0.6 is 0 Å². The van der Waals surface area contributed by atoms with Gasteiger partial charge < -0.3 is 54.5 Å². The molecule has 0 amide bonds. The Balaban J connectivity index is -0.000000108. The Morgan fingerprint density at radius 3 is 0.918 bits per heavy atom. The lowest BCUT2D eigenvalue weighted by atomic mass is 9.85. The molecule has 1 aliphatic rings. The molecule has 1 rings (SSSR count). The topological polar surface area (TPSA) is 434 Å². The molecule has 0 spiro atoms. The number of hydrogen-bond acceptors (Lipinski definition) is 23. The second-order valence-corrected chi connectivity index (χ2v) is 34.1. The van der Waals surface area contributed by atoms with E-state index in [1.807, 2.05) is 241 Å². The number of nitrogens with two attached hydrogens (primary N) is 6. The van der Waals surface area contributed by atoms with Gasteiger partial charge in [0.2, 0.25) is 0 Å². The lowest BCUT2D eigenvalue weighted by Crippen LogP contribution is -2.40. The minimum absolute atomic E-state index is 0.0143. The number of aliphatic hydroxyl groups is 3. The van der Waals surface area contributed by atoms with E-state index in [4.69, 9.17) is 54.5 Å². The van der Waals surface area contributed by atoms with Gasteiger partial charge >= 0.3 is 0 Å². The maximum absolute atomic E-state index is 11.2. The van der Waals surface area contributed by atoms with Crippen molar-refractivity contribution < 1.29 is 77.6 Å². The van der Waals surface area contributed by atoms with Crippen LogP contribution in [0.2, 0.25) is 0 Å². The van der Waals surface area contributed by atoms with Crippen molar-refractivity contribution in [3.05, 3.63) is 0 Å².